The van der Waals surface area contributed by atoms with Gasteiger partial charge < -0.3 is 14.6 Å². The quantitative estimate of drug-likeness (QED) is 0.715. The van der Waals surface area contributed by atoms with Gasteiger partial charge in [0.15, 0.2) is 0 Å². The van der Waals surface area contributed by atoms with Gasteiger partial charge in [0.2, 0.25) is 0 Å². The minimum atomic E-state index is -0.321. The van der Waals surface area contributed by atoms with Crippen LogP contribution in [0.1, 0.15) is 27.0 Å². The van der Waals surface area contributed by atoms with Crippen LogP contribution in [-0.2, 0) is 11.3 Å². The first-order chi connectivity index (χ1) is 12.6. The first-order valence-electron chi connectivity index (χ1n) is 8.81. The molecular formula is C20H23N3O2S. The maximum atomic E-state index is 11.7. The second-order valence-corrected chi connectivity index (χ2v) is 7.97. The van der Waals surface area contributed by atoms with Crippen molar-refractivity contribution >= 4 is 27.5 Å². The maximum Gasteiger partial charge on any atom is 0.354 e. The lowest BCUT2D eigenvalue weighted by Crippen LogP contribution is -2.46. The number of hydrogen-bond acceptors (Lipinski definition) is 5. The lowest BCUT2D eigenvalue weighted by molar-refractivity contribution is 0.0595. The molecule has 3 heterocycles. The summed E-state index contributed by atoms with van der Waals surface area (Å²) in [5.41, 5.74) is 1.89. The summed E-state index contributed by atoms with van der Waals surface area (Å²) in [5, 5.41) is 1.08. The van der Waals surface area contributed by atoms with Crippen LogP contribution >= 0.6 is 11.3 Å². The Morgan fingerprint density at radius 2 is 2.08 bits per heavy atom. The van der Waals surface area contributed by atoms with E-state index in [1.54, 1.807) is 11.3 Å². The van der Waals surface area contributed by atoms with Crippen LogP contribution in [0.4, 0.5) is 0 Å². The van der Waals surface area contributed by atoms with Gasteiger partial charge in [0.1, 0.15) is 10.5 Å². The van der Waals surface area contributed by atoms with Crippen molar-refractivity contribution in [2.45, 2.75) is 12.6 Å². The number of carbonyl (C=O) groups excluding carboxylic acids is 1. The summed E-state index contributed by atoms with van der Waals surface area (Å²) >= 11 is 1.72. The summed E-state index contributed by atoms with van der Waals surface area (Å²) < 4.78 is 4.78. The van der Waals surface area contributed by atoms with Gasteiger partial charge in [-0.3, -0.25) is 4.90 Å². The molecule has 0 aliphatic carbocycles. The predicted molar refractivity (Wildman–Crippen MR) is 105 cm³/mol. The molecular weight excluding hydrogens is 346 g/mol. The number of esters is 1. The van der Waals surface area contributed by atoms with E-state index in [4.69, 9.17) is 4.74 Å². The zero-order valence-corrected chi connectivity index (χ0v) is 15.9. The number of rotatable bonds is 4. The molecule has 0 spiro atoms. The fourth-order valence-corrected chi connectivity index (χ4v) is 4.69. The van der Waals surface area contributed by atoms with E-state index in [9.17, 15) is 4.79 Å². The van der Waals surface area contributed by atoms with E-state index in [0.717, 1.165) is 36.4 Å². The summed E-state index contributed by atoms with van der Waals surface area (Å²) in [5.74, 6) is -0.321. The molecule has 0 radical (unpaired) electrons. The summed E-state index contributed by atoms with van der Waals surface area (Å²) in [6.07, 6.45) is 0. The number of piperazine rings is 1. The molecule has 0 saturated carbocycles. The number of ether oxygens (including phenoxy) is 1. The fraction of sp³-hybridized carbons (Fsp3) is 0.350. The molecule has 1 aromatic carbocycles. The van der Waals surface area contributed by atoms with Crippen molar-refractivity contribution in [3.63, 3.8) is 0 Å². The molecule has 0 bridgehead atoms. The van der Waals surface area contributed by atoms with Crippen molar-refractivity contribution in [1.29, 1.82) is 0 Å². The standard InChI is InChI=1S/C20H23N3O2S/c1-22-8-9-23(18(13-22)14-6-4-3-5-7-14)12-16-10-15-11-17(20(24)25-2)21-19(15)26-16/h3-7,10-11,18,21H,8-9,12-13H2,1-2H3. The van der Waals surface area contributed by atoms with Gasteiger partial charge in [-0.15, -0.1) is 11.3 Å². The molecule has 3 aromatic rings. The number of nitrogens with zero attached hydrogens (tertiary/aromatic N) is 2. The van der Waals surface area contributed by atoms with E-state index in [1.165, 1.54) is 17.6 Å². The topological polar surface area (TPSA) is 48.6 Å². The molecule has 1 fully saturated rings. The molecule has 1 saturated heterocycles. The first-order valence-corrected chi connectivity index (χ1v) is 9.63. The Morgan fingerprint density at radius 1 is 1.27 bits per heavy atom. The van der Waals surface area contributed by atoms with Gasteiger partial charge >= 0.3 is 5.97 Å². The highest BCUT2D eigenvalue weighted by molar-refractivity contribution is 7.18. The van der Waals surface area contributed by atoms with Crippen molar-refractivity contribution in [1.82, 2.24) is 14.8 Å². The highest BCUT2D eigenvalue weighted by atomic mass is 32.1. The number of thiophene rings is 1. The molecule has 26 heavy (non-hydrogen) atoms. The number of hydrogen-bond donors (Lipinski definition) is 1. The van der Waals surface area contributed by atoms with Crippen LogP contribution in [0.2, 0.25) is 0 Å². The third-order valence-electron chi connectivity index (χ3n) is 5.00. The number of likely N-dealkylation sites (N-methyl/N-ethyl adjacent to an activating group) is 1. The van der Waals surface area contributed by atoms with Gasteiger partial charge in [-0.05, 0) is 24.7 Å². The number of benzene rings is 1. The summed E-state index contributed by atoms with van der Waals surface area (Å²) in [6, 6.07) is 15.2. The van der Waals surface area contributed by atoms with E-state index in [0.29, 0.717) is 11.7 Å². The minimum absolute atomic E-state index is 0.321. The third-order valence-corrected chi connectivity index (χ3v) is 6.05. The molecule has 4 rings (SSSR count). The van der Waals surface area contributed by atoms with Gasteiger partial charge in [0, 0.05) is 42.5 Å². The molecule has 136 valence electrons. The van der Waals surface area contributed by atoms with E-state index >= 15 is 0 Å². The Bertz CT molecular complexity index is 871. The second-order valence-electron chi connectivity index (χ2n) is 6.83. The minimum Gasteiger partial charge on any atom is -0.464 e. The van der Waals surface area contributed by atoms with Crippen molar-refractivity contribution in [2.24, 2.45) is 0 Å². The Kier molecular flexibility index (Phi) is 4.80. The number of fused-ring (bicyclic) bond motifs is 1. The monoisotopic (exact) mass is 369 g/mol. The smallest absolute Gasteiger partial charge is 0.354 e. The van der Waals surface area contributed by atoms with Gasteiger partial charge in [-0.25, -0.2) is 4.79 Å². The number of carbonyl (C=O) groups is 1. The average molecular weight is 369 g/mol. The van der Waals surface area contributed by atoms with Crippen molar-refractivity contribution < 1.29 is 9.53 Å². The number of nitrogens with one attached hydrogen (secondary N) is 1. The molecule has 2 aromatic heterocycles. The number of methoxy groups -OCH3 is 1. The summed E-state index contributed by atoms with van der Waals surface area (Å²) in [6.45, 7) is 4.10. The van der Waals surface area contributed by atoms with Crippen LogP contribution in [-0.4, -0.2) is 54.5 Å². The molecule has 1 atom stereocenters. The highest BCUT2D eigenvalue weighted by Gasteiger charge is 2.27. The Labute approximate surface area is 157 Å². The molecule has 1 unspecified atom stereocenters. The molecule has 1 aliphatic rings. The molecule has 0 amide bonds. The number of H-pyrrole nitrogens is 1. The van der Waals surface area contributed by atoms with Crippen LogP contribution in [0.3, 0.4) is 0 Å². The highest BCUT2D eigenvalue weighted by Crippen LogP contribution is 2.31. The van der Waals surface area contributed by atoms with Crippen LogP contribution in [0.15, 0.2) is 42.5 Å². The van der Waals surface area contributed by atoms with Crippen molar-refractivity contribution in [3.8, 4) is 0 Å². The molecule has 1 aliphatic heterocycles. The summed E-state index contributed by atoms with van der Waals surface area (Å²) in [4.78, 5) is 22.1. The van der Waals surface area contributed by atoms with Gasteiger partial charge in [0.05, 0.1) is 7.11 Å². The SMILES string of the molecule is COC(=O)c1cc2cc(CN3CCN(C)CC3c3ccccc3)sc2[nH]1. The maximum absolute atomic E-state index is 11.7. The summed E-state index contributed by atoms with van der Waals surface area (Å²) in [7, 11) is 3.59. The van der Waals surface area contributed by atoms with Gasteiger partial charge in [-0.1, -0.05) is 30.3 Å². The zero-order chi connectivity index (χ0) is 18.1. The zero-order valence-electron chi connectivity index (χ0n) is 15.1. The van der Waals surface area contributed by atoms with Gasteiger partial charge in [-0.2, -0.15) is 0 Å². The van der Waals surface area contributed by atoms with E-state index in [2.05, 4.69) is 58.2 Å². The van der Waals surface area contributed by atoms with Crippen LogP contribution in [0.5, 0.6) is 0 Å². The Balaban J connectivity index is 1.55. The van der Waals surface area contributed by atoms with Crippen molar-refractivity contribution in [2.75, 3.05) is 33.8 Å². The molecule has 5 nitrogen and oxygen atoms in total. The van der Waals surface area contributed by atoms with Crippen molar-refractivity contribution in [3.05, 3.63) is 58.6 Å². The lowest BCUT2D eigenvalue weighted by Gasteiger charge is -2.40. The van der Waals surface area contributed by atoms with Crippen LogP contribution in [0, 0.1) is 0 Å². The fourth-order valence-electron chi connectivity index (χ4n) is 3.61. The normalized spacial score (nSPS) is 19.1. The van der Waals surface area contributed by atoms with Gasteiger partial charge in [0.25, 0.3) is 0 Å². The third kappa shape index (κ3) is 3.40. The van der Waals surface area contributed by atoms with Crippen LogP contribution < -0.4 is 0 Å². The number of aromatic nitrogens is 1. The lowest BCUT2D eigenvalue weighted by atomic mass is 10.0. The molecule has 1 N–H and O–H groups in total. The predicted octanol–water partition coefficient (Wildman–Crippen LogP) is 3.50. The first kappa shape index (κ1) is 17.3. The van der Waals surface area contributed by atoms with E-state index in [1.807, 2.05) is 6.07 Å². The van der Waals surface area contributed by atoms with Crippen LogP contribution in [0.25, 0.3) is 10.2 Å². The van der Waals surface area contributed by atoms with E-state index < -0.39 is 0 Å². The molecule has 6 heteroatoms. The number of aromatic amines is 1. The Morgan fingerprint density at radius 3 is 2.81 bits per heavy atom. The average Bonchev–Trinajstić information content (AvgIpc) is 3.22. The largest absolute Gasteiger partial charge is 0.464 e. The second kappa shape index (κ2) is 7.23. The Hall–Kier alpha value is -2.15. The van der Waals surface area contributed by atoms with E-state index in [-0.39, 0.29) is 5.97 Å².